The standard InChI is InChI=1S/C94H176N12O44/c1-121-29-33-131-49-59-144-72-85(110)98-17-23-125-37-43-135-53-63-141-69-82(107)95-14-8-5-11-79(104-89(114)76-148-66-56-138-45-39-127-25-19-100-87(112)74-146-61-51-133-35-31-123-3)92(117)102-21-27-129-41-47-137-55-65-143-71-84(109)97-16-10-7-13-81(94(119)120)106-91(116)78-150-68-58-140-48-42-130-28-22-103-93(118)80(105-90(115)77-149-67-57-139-46-40-128-26-20-101-88(113)75-147-62-52-134-36-32-124-4)12-6-9-15-96-83(108)70-142-64-54-136-44-38-126-24-18-99-86(111)73-145-60-50-132-34-30-122-2/h79-81H,5-78H2,1-4H3,(H,95,107)(H,96,108)(H,97,109)(H,98,110)(H,99,111)(H,100,112)(H,101,113)(H,102,117)(H,103,118)(H,104,114)(H,105,115)(H,106,116)(H,119,120). The number of carbonyl (C=O) groups excluding carboxylic acids is 12. The minimum absolute atomic E-state index is 0.00346. The maximum Gasteiger partial charge on any atom is 0.326 e. The SMILES string of the molecule is COCCOCCOCC(=O)NCCOCCOCCOCC(=O)NCCCCC(NC(=O)COCCOCCOCCNC(=O)COCCOCCOC)C(=O)NCCOCCOCCOCC(=O)NCCCCC(NC(=O)COCCOCCOCCNC(=O)C(CCCCNC(=O)COCCOCCOCCNC(=O)COCCOCCOC)NC(=O)COCCOCCOCCNC(=O)COCCOCCOC)C(=O)O. The summed E-state index contributed by atoms with van der Waals surface area (Å²) < 4.78 is 160. The number of hydrogen-bond donors (Lipinski definition) is 13. The zero-order valence-corrected chi connectivity index (χ0v) is 88.6. The summed E-state index contributed by atoms with van der Waals surface area (Å²) in [4.78, 5) is 162. The lowest BCUT2D eigenvalue weighted by Crippen LogP contribution is -2.48. The second-order valence-electron chi connectivity index (χ2n) is 31.5. The molecule has 0 aromatic carbocycles. The van der Waals surface area contributed by atoms with Crippen molar-refractivity contribution >= 4 is 76.9 Å². The predicted octanol–water partition coefficient (Wildman–Crippen LogP) is -6.90. The number of ether oxygens (including phenoxy) is 30. The van der Waals surface area contributed by atoms with Gasteiger partial charge in [-0.1, -0.05) is 0 Å². The van der Waals surface area contributed by atoms with Crippen molar-refractivity contribution in [2.45, 2.75) is 75.9 Å². The third-order valence-electron chi connectivity index (χ3n) is 19.0. The van der Waals surface area contributed by atoms with Crippen LogP contribution in [0.15, 0.2) is 0 Å². The summed E-state index contributed by atoms with van der Waals surface area (Å²) >= 11 is 0. The topological polar surface area (TPSA) is 663 Å². The molecule has 0 saturated heterocycles. The molecule has 3 unspecified atom stereocenters. The fourth-order valence-electron chi connectivity index (χ4n) is 11.5. The normalized spacial score (nSPS) is 11.9. The lowest BCUT2D eigenvalue weighted by atomic mass is 10.1. The van der Waals surface area contributed by atoms with E-state index in [0.717, 1.165) is 0 Å². The predicted molar refractivity (Wildman–Crippen MR) is 531 cm³/mol. The molecule has 56 nitrogen and oxygen atoms in total. The van der Waals surface area contributed by atoms with E-state index in [0.29, 0.717) is 131 Å². The second kappa shape index (κ2) is 113. The molecule has 0 aliphatic carbocycles. The average molecular weight is 2180 g/mol. The molecule has 56 heteroatoms. The van der Waals surface area contributed by atoms with Gasteiger partial charge >= 0.3 is 5.97 Å². The summed E-state index contributed by atoms with van der Waals surface area (Å²) in [6, 6.07) is -3.12. The minimum atomic E-state index is -1.25. The first-order valence-electron chi connectivity index (χ1n) is 50.9. The largest absolute Gasteiger partial charge is 0.480 e. The Kier molecular flexibility index (Phi) is 107. The van der Waals surface area contributed by atoms with E-state index in [1.807, 2.05) is 0 Å². The van der Waals surface area contributed by atoms with Crippen LogP contribution in [0.4, 0.5) is 0 Å². The van der Waals surface area contributed by atoms with Crippen LogP contribution in [0.25, 0.3) is 0 Å². The maximum atomic E-state index is 13.4. The van der Waals surface area contributed by atoms with Gasteiger partial charge in [0.05, 0.1) is 304 Å². The Balaban J connectivity index is 4.74. The van der Waals surface area contributed by atoms with E-state index in [4.69, 9.17) is 142 Å². The van der Waals surface area contributed by atoms with Gasteiger partial charge in [-0.15, -0.1) is 0 Å². The molecule has 150 heavy (non-hydrogen) atoms. The molecule has 13 N–H and O–H groups in total. The molecule has 0 bridgehead atoms. The molecule has 0 fully saturated rings. The quantitative estimate of drug-likeness (QED) is 0.0252. The van der Waals surface area contributed by atoms with Crippen molar-refractivity contribution < 1.29 is 210 Å². The number of methoxy groups -OCH3 is 4. The number of amides is 12. The molecule has 876 valence electrons. The van der Waals surface area contributed by atoms with Gasteiger partial charge in [0.15, 0.2) is 0 Å². The summed E-state index contributed by atoms with van der Waals surface area (Å²) in [5.41, 5.74) is 0. The summed E-state index contributed by atoms with van der Waals surface area (Å²) in [7, 11) is 6.31. The van der Waals surface area contributed by atoms with Crippen LogP contribution in [0, 0.1) is 0 Å². The van der Waals surface area contributed by atoms with Crippen LogP contribution < -0.4 is 63.8 Å². The summed E-state index contributed by atoms with van der Waals surface area (Å²) in [6.45, 7) is 11.6. The van der Waals surface area contributed by atoms with Crippen LogP contribution in [0.3, 0.4) is 0 Å². The highest BCUT2D eigenvalue weighted by atomic mass is 16.6. The van der Waals surface area contributed by atoms with Crippen molar-refractivity contribution in [2.24, 2.45) is 0 Å². The Morgan fingerprint density at radius 3 is 0.480 bits per heavy atom. The van der Waals surface area contributed by atoms with Gasteiger partial charge in [0.1, 0.15) is 84.2 Å². The van der Waals surface area contributed by atoms with Crippen LogP contribution in [0.1, 0.15) is 57.8 Å². The van der Waals surface area contributed by atoms with Crippen molar-refractivity contribution in [2.75, 3.05) is 457 Å². The van der Waals surface area contributed by atoms with Crippen molar-refractivity contribution in [3.8, 4) is 0 Å². The van der Waals surface area contributed by atoms with E-state index in [-0.39, 0.29) is 385 Å². The monoisotopic (exact) mass is 2180 g/mol. The molecular weight excluding hydrogens is 2000 g/mol. The molecule has 0 aliphatic rings. The van der Waals surface area contributed by atoms with Crippen molar-refractivity contribution in [3.05, 3.63) is 0 Å². The van der Waals surface area contributed by atoms with Crippen LogP contribution in [0.2, 0.25) is 0 Å². The Morgan fingerprint density at radius 1 is 0.160 bits per heavy atom. The van der Waals surface area contributed by atoms with E-state index in [1.165, 1.54) is 0 Å². The van der Waals surface area contributed by atoms with Gasteiger partial charge in [-0.3, -0.25) is 57.5 Å². The average Bonchev–Trinajstić information content (AvgIpc) is 0.932. The van der Waals surface area contributed by atoms with E-state index in [9.17, 15) is 67.4 Å². The molecule has 0 radical (unpaired) electrons. The molecule has 0 heterocycles. The lowest BCUT2D eigenvalue weighted by molar-refractivity contribution is -0.143. The molecule has 0 rings (SSSR count). The fourth-order valence-corrected chi connectivity index (χ4v) is 11.5. The molecule has 0 spiro atoms. The second-order valence-corrected chi connectivity index (χ2v) is 31.5. The summed E-state index contributed by atoms with van der Waals surface area (Å²) in [6.07, 6.45) is 3.11. The maximum absolute atomic E-state index is 13.4. The van der Waals surface area contributed by atoms with Crippen molar-refractivity contribution in [3.63, 3.8) is 0 Å². The van der Waals surface area contributed by atoms with Gasteiger partial charge in [-0.05, 0) is 57.8 Å². The van der Waals surface area contributed by atoms with Gasteiger partial charge in [0, 0.05) is 87.3 Å². The fraction of sp³-hybridized carbons (Fsp3) is 0.862. The van der Waals surface area contributed by atoms with Gasteiger partial charge in [0.25, 0.3) is 0 Å². The van der Waals surface area contributed by atoms with E-state index in [1.54, 1.807) is 28.4 Å². The molecule has 0 aromatic rings. The molecule has 0 saturated carbocycles. The molecule has 0 aromatic heterocycles. The lowest BCUT2D eigenvalue weighted by Gasteiger charge is -2.19. The van der Waals surface area contributed by atoms with Gasteiger partial charge in [-0.25, -0.2) is 4.79 Å². The number of rotatable bonds is 119. The molecule has 12 amide bonds. The van der Waals surface area contributed by atoms with Crippen LogP contribution in [-0.4, -0.2) is 557 Å². The van der Waals surface area contributed by atoms with Crippen molar-refractivity contribution in [1.29, 1.82) is 0 Å². The summed E-state index contributed by atoms with van der Waals surface area (Å²) in [5.74, 6) is -6.16. The first-order valence-corrected chi connectivity index (χ1v) is 50.9. The van der Waals surface area contributed by atoms with E-state index >= 15 is 0 Å². The van der Waals surface area contributed by atoms with Gasteiger partial charge in [0.2, 0.25) is 70.9 Å². The highest BCUT2D eigenvalue weighted by Gasteiger charge is 2.24. The third kappa shape index (κ3) is 106. The number of carboxylic acids is 1. The Labute approximate surface area is 880 Å². The Hall–Kier alpha value is -8.09. The minimum Gasteiger partial charge on any atom is -0.480 e. The Bertz CT molecular complexity index is 3250. The molecule has 0 aliphatic heterocycles. The number of carboxylic acid groups (broad SMARTS) is 1. The summed E-state index contributed by atoms with van der Waals surface area (Å²) in [5, 5.41) is 42.2. The first-order chi connectivity index (χ1) is 73.3. The number of nitrogens with one attached hydrogen (secondary N) is 12. The zero-order chi connectivity index (χ0) is 109. The number of aliphatic carboxylic acids is 1. The van der Waals surface area contributed by atoms with Crippen molar-refractivity contribution in [1.82, 2.24) is 63.8 Å². The van der Waals surface area contributed by atoms with Gasteiger partial charge in [-0.2, -0.15) is 0 Å². The van der Waals surface area contributed by atoms with E-state index in [2.05, 4.69) is 63.8 Å². The zero-order valence-electron chi connectivity index (χ0n) is 88.6. The third-order valence-corrected chi connectivity index (χ3v) is 19.0. The molecule has 3 atom stereocenters. The highest BCUT2D eigenvalue weighted by molar-refractivity contribution is 5.89. The van der Waals surface area contributed by atoms with Crippen LogP contribution in [0.5, 0.6) is 0 Å². The first kappa shape index (κ1) is 142. The van der Waals surface area contributed by atoms with Gasteiger partial charge < -0.3 is 211 Å². The highest BCUT2D eigenvalue weighted by Crippen LogP contribution is 2.07. The molecular formula is C94H176N12O44. The number of hydrogen-bond acceptors (Lipinski definition) is 43. The van der Waals surface area contributed by atoms with Crippen LogP contribution in [-0.2, 0) is 204 Å². The Morgan fingerprint density at radius 2 is 0.300 bits per heavy atom. The smallest absolute Gasteiger partial charge is 0.326 e. The van der Waals surface area contributed by atoms with E-state index < -0.39 is 66.1 Å². The van der Waals surface area contributed by atoms with Crippen LogP contribution >= 0.6 is 0 Å². The number of carbonyl (C=O) groups is 13. The number of unbranched alkanes of at least 4 members (excludes halogenated alkanes) is 3.